The lowest BCUT2D eigenvalue weighted by Crippen LogP contribution is -2.58. The lowest BCUT2D eigenvalue weighted by atomic mass is 9.83. The third kappa shape index (κ3) is 4.60. The van der Waals surface area contributed by atoms with E-state index in [1.54, 1.807) is 23.5 Å². The summed E-state index contributed by atoms with van der Waals surface area (Å²) in [6.07, 6.45) is 5.60. The molecule has 2 fully saturated rings. The molecule has 0 unspecified atom stereocenters. The molecular formula is C19H29N7O4S. The lowest BCUT2D eigenvalue weighted by Gasteiger charge is -2.49. The summed E-state index contributed by atoms with van der Waals surface area (Å²) in [5.74, 6) is 1.94. The van der Waals surface area contributed by atoms with Crippen molar-refractivity contribution in [2.75, 3.05) is 30.6 Å². The zero-order valence-electron chi connectivity index (χ0n) is 17.9. The minimum Gasteiger partial charge on any atom is -0.481 e. The molecule has 0 amide bonds. The standard InChI is InChI=1S/C19H29N7O4S/c1-25(15-8-13-5-4-6-14(9-15)26(13)31(3,28)29)19-21-16(10-18(22-19)30-2)20-17-7-12(11-27)23-24-17/h7,10,13-15,27H,4-6,8-9,11H2,1-3H3,(H2,20,21,22,23,24)/t13-,14+,15+. The fraction of sp³-hybridized carbons (Fsp3) is 0.632. The fourth-order valence-corrected chi connectivity index (χ4v) is 6.17. The minimum absolute atomic E-state index is 0.0131. The fourth-order valence-electron chi connectivity index (χ4n) is 4.71. The largest absolute Gasteiger partial charge is 0.481 e. The van der Waals surface area contributed by atoms with Crippen molar-refractivity contribution in [1.82, 2.24) is 24.5 Å². The van der Waals surface area contributed by atoms with E-state index in [4.69, 9.17) is 4.74 Å². The number of hydrogen-bond donors (Lipinski definition) is 3. The molecule has 4 heterocycles. The van der Waals surface area contributed by atoms with Crippen LogP contribution in [0.3, 0.4) is 0 Å². The molecule has 2 bridgehead atoms. The van der Waals surface area contributed by atoms with Crippen LogP contribution in [0.15, 0.2) is 12.1 Å². The van der Waals surface area contributed by atoms with Crippen LogP contribution in [0.4, 0.5) is 17.6 Å². The minimum atomic E-state index is -3.23. The maximum atomic E-state index is 12.3. The maximum absolute atomic E-state index is 12.3. The molecular weight excluding hydrogens is 422 g/mol. The Balaban J connectivity index is 1.56. The van der Waals surface area contributed by atoms with E-state index in [0.29, 0.717) is 29.2 Å². The first-order chi connectivity index (χ1) is 14.8. The van der Waals surface area contributed by atoms with Crippen LogP contribution in [-0.2, 0) is 16.6 Å². The average Bonchev–Trinajstić information content (AvgIpc) is 3.18. The van der Waals surface area contributed by atoms with Crippen LogP contribution in [0.2, 0.25) is 0 Å². The van der Waals surface area contributed by atoms with Gasteiger partial charge in [0.2, 0.25) is 21.9 Å². The second-order valence-electron chi connectivity index (χ2n) is 8.22. The second-order valence-corrected chi connectivity index (χ2v) is 10.1. The Hall–Kier alpha value is -2.44. The van der Waals surface area contributed by atoms with Gasteiger partial charge in [-0.25, -0.2) is 8.42 Å². The number of rotatable bonds is 7. The highest BCUT2D eigenvalue weighted by Gasteiger charge is 2.44. The Bertz CT molecular complexity index is 1010. The van der Waals surface area contributed by atoms with E-state index in [1.807, 2.05) is 11.9 Å². The highest BCUT2D eigenvalue weighted by molar-refractivity contribution is 7.88. The van der Waals surface area contributed by atoms with Crippen molar-refractivity contribution in [3.05, 3.63) is 17.8 Å². The first kappa shape index (κ1) is 21.8. The van der Waals surface area contributed by atoms with Crippen molar-refractivity contribution >= 4 is 27.6 Å². The number of methoxy groups -OCH3 is 1. The molecule has 170 valence electrons. The van der Waals surface area contributed by atoms with Gasteiger partial charge in [-0.3, -0.25) is 5.10 Å². The van der Waals surface area contributed by atoms with Crippen LogP contribution < -0.4 is 15.0 Å². The van der Waals surface area contributed by atoms with Gasteiger partial charge in [0, 0.05) is 37.3 Å². The summed E-state index contributed by atoms with van der Waals surface area (Å²) in [7, 11) is 0.258. The molecule has 2 aliphatic heterocycles. The number of nitrogens with zero attached hydrogens (tertiary/aromatic N) is 5. The van der Waals surface area contributed by atoms with Crippen molar-refractivity contribution in [3.8, 4) is 5.88 Å². The number of anilines is 3. The van der Waals surface area contributed by atoms with Gasteiger partial charge in [-0.05, 0) is 25.7 Å². The molecule has 11 nitrogen and oxygen atoms in total. The normalized spacial score (nSPS) is 24.1. The number of nitrogens with one attached hydrogen (secondary N) is 2. The van der Waals surface area contributed by atoms with Crippen molar-refractivity contribution in [1.29, 1.82) is 0 Å². The third-order valence-corrected chi connectivity index (χ3v) is 7.45. The zero-order valence-corrected chi connectivity index (χ0v) is 18.8. The Morgan fingerprint density at radius 1 is 1.26 bits per heavy atom. The van der Waals surface area contributed by atoms with Crippen LogP contribution in [-0.4, -0.2) is 76.5 Å². The number of aliphatic hydroxyl groups is 1. The number of aliphatic hydroxyl groups excluding tert-OH is 1. The van der Waals surface area contributed by atoms with E-state index in [9.17, 15) is 13.5 Å². The molecule has 2 aliphatic rings. The summed E-state index contributed by atoms with van der Waals surface area (Å²) in [6, 6.07) is 3.52. The quantitative estimate of drug-likeness (QED) is 0.567. The van der Waals surface area contributed by atoms with E-state index in [0.717, 1.165) is 32.1 Å². The highest BCUT2D eigenvalue weighted by Crippen LogP contribution is 2.38. The topological polar surface area (TPSA) is 137 Å². The molecule has 2 saturated heterocycles. The molecule has 3 N–H and O–H groups in total. The van der Waals surface area contributed by atoms with Crippen LogP contribution in [0.5, 0.6) is 5.88 Å². The second kappa shape index (κ2) is 8.60. The molecule has 0 aliphatic carbocycles. The van der Waals surface area contributed by atoms with E-state index in [2.05, 4.69) is 25.5 Å². The number of piperidine rings is 2. The van der Waals surface area contributed by atoms with Gasteiger partial charge < -0.3 is 20.1 Å². The smallest absolute Gasteiger partial charge is 0.230 e. The number of sulfonamides is 1. The molecule has 0 radical (unpaired) electrons. The van der Waals surface area contributed by atoms with Crippen molar-refractivity contribution in [3.63, 3.8) is 0 Å². The summed E-state index contributed by atoms with van der Waals surface area (Å²) < 4.78 is 31.7. The molecule has 12 heteroatoms. The maximum Gasteiger partial charge on any atom is 0.230 e. The Morgan fingerprint density at radius 3 is 2.55 bits per heavy atom. The number of aromatic nitrogens is 4. The summed E-state index contributed by atoms with van der Waals surface area (Å²) >= 11 is 0. The number of H-pyrrole nitrogens is 1. The van der Waals surface area contributed by atoms with E-state index >= 15 is 0 Å². The molecule has 0 saturated carbocycles. The summed E-state index contributed by atoms with van der Waals surface area (Å²) in [4.78, 5) is 11.1. The Labute approximate surface area is 181 Å². The van der Waals surface area contributed by atoms with Gasteiger partial charge in [0.1, 0.15) is 5.82 Å². The SMILES string of the molecule is COc1cc(Nc2cc(CO)[nH]n2)nc(N(C)[C@H]2C[C@H]3CCC[C@@H](C2)N3S(C)(=O)=O)n1. The zero-order chi connectivity index (χ0) is 22.2. The van der Waals surface area contributed by atoms with Crippen LogP contribution >= 0.6 is 0 Å². The predicted octanol–water partition coefficient (Wildman–Crippen LogP) is 1.23. The van der Waals surface area contributed by atoms with Crippen molar-refractivity contribution < 1.29 is 18.3 Å². The van der Waals surface area contributed by atoms with Gasteiger partial charge >= 0.3 is 0 Å². The number of fused-ring (bicyclic) bond motifs is 2. The average molecular weight is 452 g/mol. The monoisotopic (exact) mass is 451 g/mol. The molecule has 0 spiro atoms. The van der Waals surface area contributed by atoms with E-state index in [1.165, 1.54) is 6.26 Å². The molecule has 0 aromatic carbocycles. The molecule has 4 rings (SSSR count). The molecule has 2 aromatic heterocycles. The number of ether oxygens (including phenoxy) is 1. The number of aromatic amines is 1. The van der Waals surface area contributed by atoms with Crippen molar-refractivity contribution in [2.45, 2.75) is 56.8 Å². The highest BCUT2D eigenvalue weighted by atomic mass is 32.2. The van der Waals surface area contributed by atoms with Crippen LogP contribution in [0, 0.1) is 0 Å². The van der Waals surface area contributed by atoms with Gasteiger partial charge in [-0.2, -0.15) is 19.4 Å². The Kier molecular flexibility index (Phi) is 6.04. The van der Waals surface area contributed by atoms with Gasteiger partial charge in [-0.1, -0.05) is 6.42 Å². The molecule has 2 aromatic rings. The third-order valence-electron chi connectivity index (χ3n) is 6.09. The summed E-state index contributed by atoms with van der Waals surface area (Å²) in [6.45, 7) is -0.135. The first-order valence-electron chi connectivity index (χ1n) is 10.3. The van der Waals surface area contributed by atoms with Gasteiger partial charge in [0.15, 0.2) is 5.82 Å². The first-order valence-corrected chi connectivity index (χ1v) is 12.2. The molecule has 3 atom stereocenters. The summed E-state index contributed by atoms with van der Waals surface area (Å²) in [5.41, 5.74) is 0.588. The molecule has 31 heavy (non-hydrogen) atoms. The lowest BCUT2D eigenvalue weighted by molar-refractivity contribution is 0.110. The van der Waals surface area contributed by atoms with E-state index < -0.39 is 10.0 Å². The van der Waals surface area contributed by atoms with Gasteiger partial charge in [0.05, 0.1) is 25.7 Å². The summed E-state index contributed by atoms with van der Waals surface area (Å²) in [5, 5.41) is 19.1. The van der Waals surface area contributed by atoms with Crippen LogP contribution in [0.25, 0.3) is 0 Å². The number of hydrogen-bond acceptors (Lipinski definition) is 9. The van der Waals surface area contributed by atoms with E-state index in [-0.39, 0.29) is 24.7 Å². The Morgan fingerprint density at radius 2 is 1.97 bits per heavy atom. The van der Waals surface area contributed by atoms with Gasteiger partial charge in [0.25, 0.3) is 0 Å². The van der Waals surface area contributed by atoms with Gasteiger partial charge in [-0.15, -0.1) is 0 Å². The van der Waals surface area contributed by atoms with Crippen LogP contribution in [0.1, 0.15) is 37.8 Å². The predicted molar refractivity (Wildman–Crippen MR) is 116 cm³/mol. The van der Waals surface area contributed by atoms with Crippen molar-refractivity contribution in [2.24, 2.45) is 0 Å².